The van der Waals surface area contributed by atoms with E-state index in [9.17, 15) is 12.8 Å². The standard InChI is InChI=1S/C13H14FNO3S2/c1-15(7-11-4-2-3-5-12(11)14)20(17,18)13-6-10(8-16)9-19-13/h2-6,9,16H,7-8H2,1H3. The monoisotopic (exact) mass is 315 g/mol. The van der Waals surface area contributed by atoms with E-state index in [1.54, 1.807) is 23.6 Å². The molecule has 7 heteroatoms. The topological polar surface area (TPSA) is 57.6 Å². The number of sulfonamides is 1. The molecular formula is C13H14FNO3S2. The molecule has 2 rings (SSSR count). The second-order valence-electron chi connectivity index (χ2n) is 4.28. The van der Waals surface area contributed by atoms with Gasteiger partial charge in [0.15, 0.2) is 0 Å². The Morgan fingerprint density at radius 2 is 2.05 bits per heavy atom. The lowest BCUT2D eigenvalue weighted by molar-refractivity contribution is 0.282. The van der Waals surface area contributed by atoms with E-state index < -0.39 is 15.8 Å². The lowest BCUT2D eigenvalue weighted by atomic mass is 10.2. The number of halogens is 1. The average Bonchev–Trinajstić information content (AvgIpc) is 2.90. The van der Waals surface area contributed by atoms with Gasteiger partial charge in [0, 0.05) is 19.2 Å². The van der Waals surface area contributed by atoms with Crippen LogP contribution in [0.5, 0.6) is 0 Å². The van der Waals surface area contributed by atoms with Crippen LogP contribution in [0, 0.1) is 5.82 Å². The first-order valence-corrected chi connectivity index (χ1v) is 8.15. The molecule has 0 radical (unpaired) electrons. The van der Waals surface area contributed by atoms with Gasteiger partial charge in [-0.05, 0) is 23.1 Å². The van der Waals surface area contributed by atoms with Crippen molar-refractivity contribution in [2.75, 3.05) is 7.05 Å². The van der Waals surface area contributed by atoms with Gasteiger partial charge < -0.3 is 5.11 Å². The van der Waals surface area contributed by atoms with Crippen molar-refractivity contribution in [1.82, 2.24) is 4.31 Å². The van der Waals surface area contributed by atoms with Crippen LogP contribution in [-0.4, -0.2) is 24.9 Å². The van der Waals surface area contributed by atoms with E-state index >= 15 is 0 Å². The molecule has 0 saturated carbocycles. The fourth-order valence-electron chi connectivity index (χ4n) is 1.68. The van der Waals surface area contributed by atoms with Crippen molar-refractivity contribution in [2.24, 2.45) is 0 Å². The van der Waals surface area contributed by atoms with Crippen LogP contribution in [0.4, 0.5) is 4.39 Å². The average molecular weight is 315 g/mol. The van der Waals surface area contributed by atoms with Crippen molar-refractivity contribution in [3.8, 4) is 0 Å². The van der Waals surface area contributed by atoms with Crippen LogP contribution >= 0.6 is 11.3 Å². The van der Waals surface area contributed by atoms with E-state index in [1.807, 2.05) is 0 Å². The number of aliphatic hydroxyl groups is 1. The summed E-state index contributed by atoms with van der Waals surface area (Å²) in [4.78, 5) is 0. The molecule has 108 valence electrons. The minimum atomic E-state index is -3.67. The maximum Gasteiger partial charge on any atom is 0.252 e. The Hall–Kier alpha value is -1.28. The number of thiophene rings is 1. The molecule has 1 aromatic heterocycles. The molecule has 1 N–H and O–H groups in total. The molecule has 0 fully saturated rings. The highest BCUT2D eigenvalue weighted by Gasteiger charge is 2.23. The Morgan fingerprint density at radius 1 is 1.35 bits per heavy atom. The minimum Gasteiger partial charge on any atom is -0.392 e. The van der Waals surface area contributed by atoms with Gasteiger partial charge >= 0.3 is 0 Å². The number of nitrogens with zero attached hydrogens (tertiary/aromatic N) is 1. The maximum atomic E-state index is 13.5. The quantitative estimate of drug-likeness (QED) is 0.920. The van der Waals surface area contributed by atoms with Crippen LogP contribution in [0.2, 0.25) is 0 Å². The number of benzene rings is 1. The summed E-state index contributed by atoms with van der Waals surface area (Å²) < 4.78 is 39.4. The summed E-state index contributed by atoms with van der Waals surface area (Å²) in [5, 5.41) is 10.6. The lowest BCUT2D eigenvalue weighted by Crippen LogP contribution is -2.26. The summed E-state index contributed by atoms with van der Waals surface area (Å²) >= 11 is 1.04. The van der Waals surface area contributed by atoms with Crippen LogP contribution in [0.15, 0.2) is 39.9 Å². The predicted octanol–water partition coefficient (Wildman–Crippen LogP) is 2.20. The van der Waals surface area contributed by atoms with Gasteiger partial charge in [-0.25, -0.2) is 12.8 Å². The molecule has 1 heterocycles. The van der Waals surface area contributed by atoms with Gasteiger partial charge in [0.2, 0.25) is 0 Å². The van der Waals surface area contributed by atoms with Crippen molar-refractivity contribution in [3.05, 3.63) is 52.7 Å². The van der Waals surface area contributed by atoms with Crippen LogP contribution in [0.1, 0.15) is 11.1 Å². The fraction of sp³-hybridized carbons (Fsp3) is 0.231. The van der Waals surface area contributed by atoms with Gasteiger partial charge in [0.25, 0.3) is 10.0 Å². The molecule has 0 atom stereocenters. The zero-order valence-corrected chi connectivity index (χ0v) is 12.4. The second-order valence-corrected chi connectivity index (χ2v) is 7.47. The van der Waals surface area contributed by atoms with E-state index in [0.717, 1.165) is 15.6 Å². The van der Waals surface area contributed by atoms with Gasteiger partial charge in [-0.15, -0.1) is 11.3 Å². The Balaban J connectivity index is 2.23. The van der Waals surface area contributed by atoms with Crippen molar-refractivity contribution in [3.63, 3.8) is 0 Å². The molecule has 0 unspecified atom stereocenters. The third kappa shape index (κ3) is 3.06. The molecular weight excluding hydrogens is 301 g/mol. The molecule has 20 heavy (non-hydrogen) atoms. The summed E-state index contributed by atoms with van der Waals surface area (Å²) in [7, 11) is -2.27. The molecule has 0 aliphatic carbocycles. The molecule has 0 bridgehead atoms. The fourth-order valence-corrected chi connectivity index (χ4v) is 4.23. The summed E-state index contributed by atoms with van der Waals surface area (Å²) in [6, 6.07) is 7.49. The molecule has 0 amide bonds. The Labute approximate surface area is 121 Å². The maximum absolute atomic E-state index is 13.5. The Bertz CT molecular complexity index is 697. The number of hydrogen-bond donors (Lipinski definition) is 1. The third-order valence-electron chi connectivity index (χ3n) is 2.83. The van der Waals surface area contributed by atoms with Crippen molar-refractivity contribution >= 4 is 21.4 Å². The Morgan fingerprint density at radius 3 is 2.65 bits per heavy atom. The first-order chi connectivity index (χ1) is 9.45. The molecule has 2 aromatic rings. The molecule has 0 aliphatic heterocycles. The van der Waals surface area contributed by atoms with E-state index in [4.69, 9.17) is 5.11 Å². The van der Waals surface area contributed by atoms with E-state index in [-0.39, 0.29) is 17.4 Å². The number of aliphatic hydroxyl groups excluding tert-OH is 1. The summed E-state index contributed by atoms with van der Waals surface area (Å²) in [5.74, 6) is -0.434. The highest BCUT2D eigenvalue weighted by molar-refractivity contribution is 7.91. The molecule has 0 saturated heterocycles. The minimum absolute atomic E-state index is 0.0403. The van der Waals surface area contributed by atoms with Crippen LogP contribution in [0.3, 0.4) is 0 Å². The second kappa shape index (κ2) is 6.01. The Kier molecular flexibility index (Phi) is 4.54. The van der Waals surface area contributed by atoms with Gasteiger partial charge in [-0.3, -0.25) is 0 Å². The molecule has 0 aliphatic rings. The van der Waals surface area contributed by atoms with Crippen LogP contribution in [0.25, 0.3) is 0 Å². The third-order valence-corrected chi connectivity index (χ3v) is 6.10. The zero-order valence-electron chi connectivity index (χ0n) is 10.8. The largest absolute Gasteiger partial charge is 0.392 e. The molecule has 1 aromatic carbocycles. The summed E-state index contributed by atoms with van der Waals surface area (Å²) in [6.45, 7) is -0.246. The van der Waals surface area contributed by atoms with Gasteiger partial charge in [-0.1, -0.05) is 18.2 Å². The van der Waals surface area contributed by atoms with Crippen molar-refractivity contribution in [2.45, 2.75) is 17.4 Å². The van der Waals surface area contributed by atoms with E-state index in [1.165, 1.54) is 19.2 Å². The molecule has 0 spiro atoms. The first-order valence-electron chi connectivity index (χ1n) is 5.83. The van der Waals surface area contributed by atoms with E-state index in [0.29, 0.717) is 11.1 Å². The van der Waals surface area contributed by atoms with E-state index in [2.05, 4.69) is 0 Å². The number of hydrogen-bond acceptors (Lipinski definition) is 4. The summed E-state index contributed by atoms with van der Waals surface area (Å²) in [5.41, 5.74) is 0.866. The van der Waals surface area contributed by atoms with Gasteiger partial charge in [-0.2, -0.15) is 4.31 Å². The first kappa shape index (κ1) is 15.1. The normalized spacial score (nSPS) is 12.0. The predicted molar refractivity (Wildman–Crippen MR) is 75.3 cm³/mol. The molecule has 4 nitrogen and oxygen atoms in total. The van der Waals surface area contributed by atoms with Crippen molar-refractivity contribution < 1.29 is 17.9 Å². The lowest BCUT2D eigenvalue weighted by Gasteiger charge is -2.16. The highest BCUT2D eigenvalue weighted by Crippen LogP contribution is 2.24. The zero-order chi connectivity index (χ0) is 14.8. The number of rotatable bonds is 5. The van der Waals surface area contributed by atoms with Crippen LogP contribution < -0.4 is 0 Å². The highest BCUT2D eigenvalue weighted by atomic mass is 32.2. The SMILES string of the molecule is CN(Cc1ccccc1F)S(=O)(=O)c1cc(CO)cs1. The van der Waals surface area contributed by atoms with Crippen molar-refractivity contribution in [1.29, 1.82) is 0 Å². The van der Waals surface area contributed by atoms with Crippen LogP contribution in [-0.2, 0) is 23.2 Å². The summed E-state index contributed by atoms with van der Waals surface area (Å²) in [6.07, 6.45) is 0. The smallest absolute Gasteiger partial charge is 0.252 e. The van der Waals surface area contributed by atoms with Gasteiger partial charge in [0.1, 0.15) is 10.0 Å². The van der Waals surface area contributed by atoms with Gasteiger partial charge in [0.05, 0.1) is 6.61 Å².